The first kappa shape index (κ1) is 20.4. The Morgan fingerprint density at radius 3 is 2.14 bits per heavy atom. The Morgan fingerprint density at radius 2 is 1.64 bits per heavy atom. The molecule has 0 radical (unpaired) electrons. The van der Waals surface area contributed by atoms with E-state index in [0.717, 1.165) is 0 Å². The van der Waals surface area contributed by atoms with Crippen molar-refractivity contribution in [3.8, 4) is 0 Å². The molecule has 1 heterocycles. The summed E-state index contributed by atoms with van der Waals surface area (Å²) in [6, 6.07) is 9.28. The Balaban J connectivity index is 2.29. The summed E-state index contributed by atoms with van der Waals surface area (Å²) in [6.07, 6.45) is 2.79. The van der Waals surface area contributed by atoms with E-state index in [4.69, 9.17) is 51.2 Å². The van der Waals surface area contributed by atoms with E-state index in [1.54, 1.807) is 18.2 Å². The quantitative estimate of drug-likeness (QED) is 0.205. The molecule has 3 rings (SSSR count). The highest BCUT2D eigenvalue weighted by Gasteiger charge is 2.21. The fraction of sp³-hybridized carbons (Fsp3) is 0.0588. The molecule has 144 valence electrons. The van der Waals surface area contributed by atoms with Gasteiger partial charge in [0.15, 0.2) is 0 Å². The second-order valence-corrected chi connectivity index (χ2v) is 7.15. The predicted octanol–water partition coefficient (Wildman–Crippen LogP) is 5.67. The zero-order valence-electron chi connectivity index (χ0n) is 13.9. The first-order chi connectivity index (χ1) is 13.3. The molecule has 3 aromatic rings. The molecule has 0 fully saturated rings. The maximum atomic E-state index is 11.2. The van der Waals surface area contributed by atoms with Crippen LogP contribution in [0.1, 0.15) is 11.1 Å². The minimum absolute atomic E-state index is 0.0729. The maximum Gasteiger partial charge on any atom is 0.299 e. The number of aromatic nitrogens is 3. The molecule has 0 N–H and O–H groups in total. The van der Waals surface area contributed by atoms with Crippen LogP contribution in [-0.4, -0.2) is 19.9 Å². The van der Waals surface area contributed by atoms with Gasteiger partial charge in [0, 0.05) is 31.8 Å². The lowest BCUT2D eigenvalue weighted by Crippen LogP contribution is -2.09. The number of nitrogens with zero attached hydrogens (tertiary/aromatic N) is 4. The Morgan fingerprint density at radius 1 is 1.04 bits per heavy atom. The molecule has 7 nitrogen and oxygen atoms in total. The molecule has 0 unspecified atom stereocenters. The van der Waals surface area contributed by atoms with Gasteiger partial charge >= 0.3 is 0 Å². The molecular weight excluding hydrogens is 450 g/mol. The molecule has 0 saturated carbocycles. The van der Waals surface area contributed by atoms with E-state index in [9.17, 15) is 10.1 Å². The van der Waals surface area contributed by atoms with Crippen molar-refractivity contribution in [1.29, 1.82) is 0 Å². The number of halogens is 4. The van der Waals surface area contributed by atoms with Gasteiger partial charge in [-0.05, 0) is 30.3 Å². The van der Waals surface area contributed by atoms with Crippen LogP contribution >= 0.6 is 46.4 Å². The van der Waals surface area contributed by atoms with Crippen LogP contribution in [-0.2, 0) is 11.4 Å². The number of benzene rings is 2. The summed E-state index contributed by atoms with van der Waals surface area (Å²) < 4.78 is 1.47. The lowest BCUT2D eigenvalue weighted by molar-refractivity contribution is -0.730. The third-order valence-corrected chi connectivity index (χ3v) is 4.75. The largest absolute Gasteiger partial charge is 0.299 e. The van der Waals surface area contributed by atoms with Crippen LogP contribution < -0.4 is 0 Å². The summed E-state index contributed by atoms with van der Waals surface area (Å²) in [7, 11) is 0. The van der Waals surface area contributed by atoms with Crippen LogP contribution in [0, 0.1) is 10.1 Å². The molecule has 28 heavy (non-hydrogen) atoms. The van der Waals surface area contributed by atoms with Crippen molar-refractivity contribution in [2.45, 2.75) is 6.54 Å². The van der Waals surface area contributed by atoms with Gasteiger partial charge in [-0.3, -0.25) is 4.84 Å². The first-order valence-corrected chi connectivity index (χ1v) is 9.15. The number of allylic oxidation sites excluding steroid dienone is 1. The Kier molecular flexibility index (Phi) is 6.41. The van der Waals surface area contributed by atoms with Crippen LogP contribution in [0.15, 0.2) is 49.1 Å². The third kappa shape index (κ3) is 4.74. The standard InChI is InChI=1S/C17H10Cl4N4O3/c18-10-1-3-12(15(20)5-10)14(7-24-9-22-8-23-24)17(28-25(26)27)13-4-2-11(19)6-16(13)21/h1-6,8-9H,7H2/b17-14-. The predicted molar refractivity (Wildman–Crippen MR) is 108 cm³/mol. The summed E-state index contributed by atoms with van der Waals surface area (Å²) in [5.74, 6) is -0.105. The van der Waals surface area contributed by atoms with Crippen molar-refractivity contribution < 1.29 is 9.92 Å². The lowest BCUT2D eigenvalue weighted by Gasteiger charge is -2.17. The molecule has 0 saturated heterocycles. The fourth-order valence-electron chi connectivity index (χ4n) is 2.50. The van der Waals surface area contributed by atoms with Crippen LogP contribution in [0.4, 0.5) is 0 Å². The van der Waals surface area contributed by atoms with Crippen LogP contribution in [0.2, 0.25) is 20.1 Å². The van der Waals surface area contributed by atoms with Gasteiger partial charge in [0.2, 0.25) is 0 Å². The second-order valence-electron chi connectivity index (χ2n) is 5.46. The fourth-order valence-corrected chi connectivity index (χ4v) is 3.52. The molecule has 0 amide bonds. The Hall–Kier alpha value is -2.32. The van der Waals surface area contributed by atoms with E-state index >= 15 is 0 Å². The van der Waals surface area contributed by atoms with Crippen LogP contribution in [0.3, 0.4) is 0 Å². The van der Waals surface area contributed by atoms with Crippen molar-refractivity contribution in [1.82, 2.24) is 14.8 Å². The highest BCUT2D eigenvalue weighted by atomic mass is 35.5. The van der Waals surface area contributed by atoms with E-state index in [2.05, 4.69) is 10.1 Å². The second kappa shape index (κ2) is 8.79. The van der Waals surface area contributed by atoms with Crippen molar-refractivity contribution in [2.24, 2.45) is 0 Å². The summed E-state index contributed by atoms with van der Waals surface area (Å²) >= 11 is 24.6. The Labute approximate surface area is 179 Å². The van der Waals surface area contributed by atoms with Gasteiger partial charge in [0.1, 0.15) is 18.4 Å². The lowest BCUT2D eigenvalue weighted by atomic mass is 10.0. The highest BCUT2D eigenvalue weighted by Crippen LogP contribution is 2.37. The van der Waals surface area contributed by atoms with Crippen molar-refractivity contribution in [2.75, 3.05) is 0 Å². The molecule has 2 aromatic carbocycles. The number of hydrogen-bond acceptors (Lipinski definition) is 5. The van der Waals surface area contributed by atoms with Gasteiger partial charge in [-0.1, -0.05) is 52.5 Å². The average Bonchev–Trinajstić information content (AvgIpc) is 3.12. The maximum absolute atomic E-state index is 11.2. The molecule has 0 aliphatic heterocycles. The van der Waals surface area contributed by atoms with Crippen molar-refractivity contribution >= 4 is 57.7 Å². The topological polar surface area (TPSA) is 83.1 Å². The molecule has 0 spiro atoms. The molecule has 0 aliphatic rings. The van der Waals surface area contributed by atoms with E-state index in [-0.39, 0.29) is 27.9 Å². The van der Waals surface area contributed by atoms with Gasteiger partial charge in [-0.25, -0.2) is 9.67 Å². The van der Waals surface area contributed by atoms with Gasteiger partial charge in [0.25, 0.3) is 5.09 Å². The monoisotopic (exact) mass is 458 g/mol. The summed E-state index contributed by atoms with van der Waals surface area (Å²) in [5.41, 5.74) is 1.08. The SMILES string of the molecule is O=[N+]([O-])O/C(=C(/Cn1cncn1)c1ccc(Cl)cc1Cl)c1ccc(Cl)cc1Cl. The summed E-state index contributed by atoms with van der Waals surface area (Å²) in [4.78, 5) is 20.0. The Bertz CT molecular complexity index is 1050. The van der Waals surface area contributed by atoms with Crippen molar-refractivity contribution in [3.05, 3.63) is 90.4 Å². The number of hydrogen-bond donors (Lipinski definition) is 0. The molecular formula is C17H10Cl4N4O3. The summed E-state index contributed by atoms with van der Waals surface area (Å²) in [6.45, 7) is 0.0729. The van der Waals surface area contributed by atoms with E-state index in [0.29, 0.717) is 21.2 Å². The highest BCUT2D eigenvalue weighted by molar-refractivity contribution is 6.37. The third-order valence-electron chi connectivity index (χ3n) is 3.66. The molecule has 0 bridgehead atoms. The summed E-state index contributed by atoms with van der Waals surface area (Å²) in [5, 5.41) is 15.6. The van der Waals surface area contributed by atoms with Gasteiger partial charge in [-0.2, -0.15) is 5.10 Å². The molecule has 11 heteroatoms. The minimum Gasteiger partial charge on any atom is -0.275 e. The normalized spacial score (nSPS) is 11.9. The number of rotatable bonds is 6. The molecule has 1 aromatic heterocycles. The zero-order valence-corrected chi connectivity index (χ0v) is 16.9. The van der Waals surface area contributed by atoms with Gasteiger partial charge < -0.3 is 0 Å². The smallest absolute Gasteiger partial charge is 0.275 e. The van der Waals surface area contributed by atoms with Gasteiger partial charge in [-0.15, -0.1) is 10.1 Å². The van der Waals surface area contributed by atoms with E-state index in [1.165, 1.54) is 35.5 Å². The van der Waals surface area contributed by atoms with Crippen LogP contribution in [0.5, 0.6) is 0 Å². The molecule has 0 aliphatic carbocycles. The average molecular weight is 460 g/mol. The minimum atomic E-state index is -0.925. The van der Waals surface area contributed by atoms with E-state index < -0.39 is 5.09 Å². The van der Waals surface area contributed by atoms with Crippen molar-refractivity contribution in [3.63, 3.8) is 0 Å². The first-order valence-electron chi connectivity index (χ1n) is 7.64. The van der Waals surface area contributed by atoms with Gasteiger partial charge in [0.05, 0.1) is 11.6 Å². The van der Waals surface area contributed by atoms with E-state index in [1.807, 2.05) is 0 Å². The molecule has 0 atom stereocenters. The van der Waals surface area contributed by atoms with Crippen LogP contribution in [0.25, 0.3) is 11.3 Å². The zero-order chi connectivity index (χ0) is 20.3.